The van der Waals surface area contributed by atoms with Gasteiger partial charge in [0.1, 0.15) is 0 Å². The van der Waals surface area contributed by atoms with Crippen molar-refractivity contribution in [2.75, 3.05) is 13.1 Å². The van der Waals surface area contributed by atoms with Gasteiger partial charge in [-0.05, 0) is 54.8 Å². The molecule has 0 saturated carbocycles. The van der Waals surface area contributed by atoms with E-state index in [-0.39, 0.29) is 17.9 Å². The van der Waals surface area contributed by atoms with Gasteiger partial charge in [-0.15, -0.1) is 0 Å². The Hall–Kier alpha value is -2.40. The number of hydrogen-bond donors (Lipinski definition) is 1. The fraction of sp³-hybridized carbons (Fsp3) is 0.381. The Balaban J connectivity index is 1.58. The lowest BCUT2D eigenvalue weighted by Crippen LogP contribution is -2.37. The van der Waals surface area contributed by atoms with Crippen molar-refractivity contribution in [1.29, 1.82) is 0 Å². The Bertz CT molecular complexity index is 765. The lowest BCUT2D eigenvalue weighted by Gasteiger charge is -2.30. The molecule has 1 fully saturated rings. The molecule has 2 heterocycles. The van der Waals surface area contributed by atoms with Crippen LogP contribution in [0.4, 0.5) is 0 Å². The molecular weight excluding hydrogens is 362 g/mol. The number of nitrogens with one attached hydrogen (secondary N) is 1. The number of benzene rings is 1. The van der Waals surface area contributed by atoms with Gasteiger partial charge in [0.15, 0.2) is 0 Å². The molecule has 1 aromatic heterocycles. The van der Waals surface area contributed by atoms with Crippen LogP contribution in [0.3, 0.4) is 0 Å². The zero-order valence-corrected chi connectivity index (χ0v) is 16.0. The normalized spacial score (nSPS) is 17.2. The molecule has 6 heteroatoms. The first-order chi connectivity index (χ1) is 13.1. The predicted molar refractivity (Wildman–Crippen MR) is 106 cm³/mol. The average Bonchev–Trinajstić information content (AvgIpc) is 2.95. The molecule has 0 bridgehead atoms. The molecule has 2 aromatic rings. The molecule has 1 N–H and O–H groups in total. The number of rotatable bonds is 5. The molecule has 1 atom stereocenters. The highest BCUT2D eigenvalue weighted by Crippen LogP contribution is 2.30. The van der Waals surface area contributed by atoms with E-state index in [4.69, 9.17) is 11.6 Å². The molecule has 0 aliphatic carbocycles. The molecule has 0 radical (unpaired) electrons. The minimum Gasteiger partial charge on any atom is -0.352 e. The highest BCUT2D eigenvalue weighted by Gasteiger charge is 2.26. The Kier molecular flexibility index (Phi) is 6.82. The number of carbonyl (C=O) groups is 2. The first-order valence-electron chi connectivity index (χ1n) is 9.38. The van der Waals surface area contributed by atoms with Crippen molar-refractivity contribution in [1.82, 2.24) is 15.2 Å². The van der Waals surface area contributed by atoms with E-state index in [1.54, 1.807) is 36.7 Å². The van der Waals surface area contributed by atoms with E-state index < -0.39 is 0 Å². The van der Waals surface area contributed by atoms with Crippen LogP contribution in [0.5, 0.6) is 0 Å². The maximum absolute atomic E-state index is 12.8. The van der Waals surface area contributed by atoms with Crippen LogP contribution in [0.2, 0.25) is 5.02 Å². The second kappa shape index (κ2) is 9.51. The van der Waals surface area contributed by atoms with E-state index >= 15 is 0 Å². The molecule has 3 rings (SSSR count). The summed E-state index contributed by atoms with van der Waals surface area (Å²) in [6.45, 7) is 1.08. The summed E-state index contributed by atoms with van der Waals surface area (Å²) in [6, 6.07) is 10.8. The molecule has 2 amide bonds. The van der Waals surface area contributed by atoms with E-state index in [9.17, 15) is 9.59 Å². The summed E-state index contributed by atoms with van der Waals surface area (Å²) < 4.78 is 0. The van der Waals surface area contributed by atoms with Gasteiger partial charge in [-0.3, -0.25) is 14.6 Å². The van der Waals surface area contributed by atoms with Crippen molar-refractivity contribution >= 4 is 23.4 Å². The van der Waals surface area contributed by atoms with E-state index in [0.717, 1.165) is 37.8 Å². The fourth-order valence-electron chi connectivity index (χ4n) is 3.47. The minimum absolute atomic E-state index is 0.0788. The van der Waals surface area contributed by atoms with Gasteiger partial charge in [0, 0.05) is 42.5 Å². The standard InChI is InChI=1S/C21H24ClN3O2/c22-18-7-5-17(6-8-18)21(27)24-14-11-20(26)25-15-3-1-2-4-19(25)16-9-12-23-13-10-16/h5-10,12-13,19H,1-4,11,14-15H2,(H,24,27). The Morgan fingerprint density at radius 3 is 2.56 bits per heavy atom. The van der Waals surface area contributed by atoms with Gasteiger partial charge >= 0.3 is 0 Å². The summed E-state index contributed by atoms with van der Waals surface area (Å²) >= 11 is 5.84. The lowest BCUT2D eigenvalue weighted by molar-refractivity contribution is -0.133. The second-order valence-electron chi connectivity index (χ2n) is 6.75. The van der Waals surface area contributed by atoms with Crippen LogP contribution < -0.4 is 5.32 Å². The summed E-state index contributed by atoms with van der Waals surface area (Å²) in [5.74, 6) is -0.115. The third kappa shape index (κ3) is 5.30. The van der Waals surface area contributed by atoms with Crippen LogP contribution in [0, 0.1) is 0 Å². The van der Waals surface area contributed by atoms with Gasteiger partial charge in [-0.25, -0.2) is 0 Å². The largest absolute Gasteiger partial charge is 0.352 e. The van der Waals surface area contributed by atoms with Gasteiger partial charge in [-0.2, -0.15) is 0 Å². The number of halogens is 1. The van der Waals surface area contributed by atoms with Crippen molar-refractivity contribution < 1.29 is 9.59 Å². The quantitative estimate of drug-likeness (QED) is 0.846. The zero-order chi connectivity index (χ0) is 19.1. The van der Waals surface area contributed by atoms with Crippen molar-refractivity contribution in [3.05, 3.63) is 64.9 Å². The molecule has 27 heavy (non-hydrogen) atoms. The van der Waals surface area contributed by atoms with Crippen LogP contribution >= 0.6 is 11.6 Å². The average molecular weight is 386 g/mol. The van der Waals surface area contributed by atoms with E-state index in [0.29, 0.717) is 23.6 Å². The highest BCUT2D eigenvalue weighted by molar-refractivity contribution is 6.30. The molecule has 1 aromatic carbocycles. The molecule has 142 valence electrons. The first kappa shape index (κ1) is 19.4. The van der Waals surface area contributed by atoms with Gasteiger partial charge in [-0.1, -0.05) is 24.4 Å². The zero-order valence-electron chi connectivity index (χ0n) is 15.2. The SMILES string of the molecule is O=C(NCCC(=O)N1CCCCCC1c1ccncc1)c1ccc(Cl)cc1. The van der Waals surface area contributed by atoms with Crippen LogP contribution in [0.25, 0.3) is 0 Å². The highest BCUT2D eigenvalue weighted by atomic mass is 35.5. The summed E-state index contributed by atoms with van der Waals surface area (Å²) in [4.78, 5) is 31.1. The summed E-state index contributed by atoms with van der Waals surface area (Å²) in [6.07, 6.45) is 8.07. The smallest absolute Gasteiger partial charge is 0.251 e. The fourth-order valence-corrected chi connectivity index (χ4v) is 3.59. The number of amides is 2. The summed E-state index contributed by atoms with van der Waals surface area (Å²) in [5.41, 5.74) is 1.67. The number of likely N-dealkylation sites (tertiary alicyclic amines) is 1. The maximum atomic E-state index is 12.8. The Labute approximate surface area is 164 Å². The monoisotopic (exact) mass is 385 g/mol. The van der Waals surface area contributed by atoms with Crippen molar-refractivity contribution in [3.8, 4) is 0 Å². The second-order valence-corrected chi connectivity index (χ2v) is 7.18. The van der Waals surface area contributed by atoms with Gasteiger partial charge in [0.25, 0.3) is 5.91 Å². The van der Waals surface area contributed by atoms with Crippen LogP contribution in [-0.2, 0) is 4.79 Å². The number of nitrogens with zero attached hydrogens (tertiary/aromatic N) is 2. The van der Waals surface area contributed by atoms with Crippen molar-refractivity contribution in [2.24, 2.45) is 0 Å². The molecule has 1 saturated heterocycles. The van der Waals surface area contributed by atoms with Gasteiger partial charge in [0.05, 0.1) is 6.04 Å². The van der Waals surface area contributed by atoms with Crippen molar-refractivity contribution in [3.63, 3.8) is 0 Å². The number of pyridine rings is 1. The molecule has 1 aliphatic heterocycles. The lowest BCUT2D eigenvalue weighted by atomic mass is 10.0. The molecule has 1 aliphatic rings. The van der Waals surface area contributed by atoms with Gasteiger partial charge < -0.3 is 10.2 Å². The first-order valence-corrected chi connectivity index (χ1v) is 9.76. The van der Waals surface area contributed by atoms with E-state index in [1.165, 1.54) is 0 Å². The Morgan fingerprint density at radius 2 is 1.81 bits per heavy atom. The third-order valence-corrected chi connectivity index (χ3v) is 5.15. The molecule has 5 nitrogen and oxygen atoms in total. The third-order valence-electron chi connectivity index (χ3n) is 4.89. The molecule has 1 unspecified atom stereocenters. The summed E-state index contributed by atoms with van der Waals surface area (Å²) in [7, 11) is 0. The number of aromatic nitrogens is 1. The molecular formula is C21H24ClN3O2. The molecule has 0 spiro atoms. The topological polar surface area (TPSA) is 62.3 Å². The number of hydrogen-bond acceptors (Lipinski definition) is 3. The maximum Gasteiger partial charge on any atom is 0.251 e. The summed E-state index contributed by atoms with van der Waals surface area (Å²) in [5, 5.41) is 3.41. The van der Waals surface area contributed by atoms with Crippen LogP contribution in [-0.4, -0.2) is 34.8 Å². The van der Waals surface area contributed by atoms with Gasteiger partial charge in [0.2, 0.25) is 5.91 Å². The Morgan fingerprint density at radius 1 is 1.07 bits per heavy atom. The minimum atomic E-state index is -0.194. The van der Waals surface area contributed by atoms with Crippen LogP contribution in [0.15, 0.2) is 48.8 Å². The number of carbonyl (C=O) groups excluding carboxylic acids is 2. The van der Waals surface area contributed by atoms with Crippen LogP contribution in [0.1, 0.15) is 54.1 Å². The van der Waals surface area contributed by atoms with Crippen molar-refractivity contribution in [2.45, 2.75) is 38.1 Å². The predicted octanol–water partition coefficient (Wildman–Crippen LogP) is 4.00. The van der Waals surface area contributed by atoms with E-state index in [2.05, 4.69) is 10.3 Å². The van der Waals surface area contributed by atoms with E-state index in [1.807, 2.05) is 17.0 Å².